The first-order valence-corrected chi connectivity index (χ1v) is 11.1. The summed E-state index contributed by atoms with van der Waals surface area (Å²) in [6, 6.07) is 14.4. The molecule has 2 aromatic rings. The van der Waals surface area contributed by atoms with Crippen molar-refractivity contribution in [2.75, 3.05) is 5.32 Å². The summed E-state index contributed by atoms with van der Waals surface area (Å²) in [5.74, 6) is -0.402. The minimum atomic E-state index is -0.764. The highest BCUT2D eigenvalue weighted by atomic mass is 16.6. The summed E-state index contributed by atoms with van der Waals surface area (Å²) in [5.41, 5.74) is 3.40. The number of cyclic esters (lactones) is 1. The van der Waals surface area contributed by atoms with Gasteiger partial charge in [-0.2, -0.15) is 0 Å². The quantitative estimate of drug-likeness (QED) is 0.690. The summed E-state index contributed by atoms with van der Waals surface area (Å²) in [6.07, 6.45) is 0.686. The minimum absolute atomic E-state index is 0.0731. The summed E-state index contributed by atoms with van der Waals surface area (Å²) in [4.78, 5) is 39.4. The normalized spacial score (nSPS) is 20.2. The van der Waals surface area contributed by atoms with Crippen molar-refractivity contribution in [3.8, 4) is 0 Å². The number of carbonyl (C=O) groups is 3. The van der Waals surface area contributed by atoms with Gasteiger partial charge in [-0.15, -0.1) is 0 Å². The molecule has 2 unspecified atom stereocenters. The lowest BCUT2D eigenvalue weighted by atomic mass is 10.00. The third-order valence-electron chi connectivity index (χ3n) is 5.74. The molecule has 7 heteroatoms. The first-order chi connectivity index (χ1) is 15.3. The van der Waals surface area contributed by atoms with Crippen LogP contribution in [0.5, 0.6) is 0 Å². The van der Waals surface area contributed by atoms with E-state index in [0.29, 0.717) is 17.8 Å². The van der Waals surface area contributed by atoms with E-state index >= 15 is 0 Å². The highest BCUT2D eigenvalue weighted by molar-refractivity contribution is 5.92. The predicted molar refractivity (Wildman–Crippen MR) is 121 cm³/mol. The van der Waals surface area contributed by atoms with Gasteiger partial charge >= 0.3 is 6.09 Å². The zero-order valence-electron chi connectivity index (χ0n) is 18.6. The van der Waals surface area contributed by atoms with Gasteiger partial charge < -0.3 is 15.4 Å². The Labute approximate surface area is 188 Å². The second-order valence-corrected chi connectivity index (χ2v) is 8.91. The molecule has 1 saturated heterocycles. The van der Waals surface area contributed by atoms with Crippen LogP contribution >= 0.6 is 0 Å². The highest BCUT2D eigenvalue weighted by Gasteiger charge is 2.47. The maximum atomic E-state index is 13.1. The predicted octanol–water partition coefficient (Wildman–Crippen LogP) is 3.93. The zero-order chi connectivity index (χ0) is 22.8. The SMILES string of the molecule is Cc1cccc(CN2C(=O)OC(c3ccc(NC(=O)C(C)C)cc3)C2C(=O)NC2CC2)c1. The number of amides is 3. The van der Waals surface area contributed by atoms with Crippen molar-refractivity contribution in [2.45, 2.75) is 58.3 Å². The number of nitrogens with one attached hydrogen (secondary N) is 2. The fourth-order valence-electron chi connectivity index (χ4n) is 3.77. The lowest BCUT2D eigenvalue weighted by Gasteiger charge is -2.24. The van der Waals surface area contributed by atoms with Gasteiger partial charge in [0.2, 0.25) is 11.8 Å². The van der Waals surface area contributed by atoms with Crippen molar-refractivity contribution in [3.63, 3.8) is 0 Å². The first-order valence-electron chi connectivity index (χ1n) is 11.1. The second kappa shape index (κ2) is 9.02. The number of nitrogens with zero attached hydrogens (tertiary/aromatic N) is 1. The van der Waals surface area contributed by atoms with E-state index in [4.69, 9.17) is 4.74 Å². The summed E-state index contributed by atoms with van der Waals surface area (Å²) >= 11 is 0. The largest absolute Gasteiger partial charge is 0.438 e. The van der Waals surface area contributed by atoms with Crippen LogP contribution in [-0.2, 0) is 20.9 Å². The van der Waals surface area contributed by atoms with Crippen LogP contribution in [0.1, 0.15) is 49.5 Å². The molecule has 2 fully saturated rings. The van der Waals surface area contributed by atoms with E-state index in [1.165, 1.54) is 4.90 Å². The van der Waals surface area contributed by atoms with Crippen molar-refractivity contribution in [2.24, 2.45) is 5.92 Å². The number of hydrogen-bond acceptors (Lipinski definition) is 4. The number of carbonyl (C=O) groups excluding carboxylic acids is 3. The van der Waals surface area contributed by atoms with Crippen molar-refractivity contribution < 1.29 is 19.1 Å². The molecule has 2 atom stereocenters. The Morgan fingerprint density at radius 3 is 2.47 bits per heavy atom. The van der Waals surface area contributed by atoms with Gasteiger partial charge in [-0.1, -0.05) is 55.8 Å². The van der Waals surface area contributed by atoms with Crippen LogP contribution in [0.4, 0.5) is 10.5 Å². The van der Waals surface area contributed by atoms with E-state index in [2.05, 4.69) is 10.6 Å². The molecule has 2 aromatic carbocycles. The topological polar surface area (TPSA) is 87.7 Å². The summed E-state index contributed by atoms with van der Waals surface area (Å²) in [5, 5.41) is 5.87. The summed E-state index contributed by atoms with van der Waals surface area (Å²) < 4.78 is 5.70. The van der Waals surface area contributed by atoms with Crippen LogP contribution < -0.4 is 10.6 Å². The average Bonchev–Trinajstić information content (AvgIpc) is 3.51. The fourth-order valence-corrected chi connectivity index (χ4v) is 3.77. The van der Waals surface area contributed by atoms with Crippen LogP contribution in [-0.4, -0.2) is 34.9 Å². The van der Waals surface area contributed by atoms with Gasteiger partial charge in [0.05, 0.1) is 6.54 Å². The monoisotopic (exact) mass is 435 g/mol. The standard InChI is InChI=1S/C25H29N3O4/c1-15(2)23(29)26-19-9-7-18(8-10-19)22-21(24(30)27-20-11-12-20)28(25(31)32-22)14-17-6-4-5-16(3)13-17/h4-10,13,15,20-22H,11-12,14H2,1-3H3,(H,26,29)(H,27,30). The molecule has 0 radical (unpaired) electrons. The molecule has 1 heterocycles. The van der Waals surface area contributed by atoms with Crippen molar-refractivity contribution >= 4 is 23.6 Å². The van der Waals surface area contributed by atoms with Crippen LogP contribution in [0.2, 0.25) is 0 Å². The van der Waals surface area contributed by atoms with E-state index < -0.39 is 18.2 Å². The lowest BCUT2D eigenvalue weighted by Crippen LogP contribution is -2.46. The molecule has 0 bridgehead atoms. The van der Waals surface area contributed by atoms with Crippen LogP contribution in [0.15, 0.2) is 48.5 Å². The first kappa shape index (κ1) is 21.9. The molecule has 1 aliphatic carbocycles. The third kappa shape index (κ3) is 4.93. The Morgan fingerprint density at radius 1 is 1.12 bits per heavy atom. The summed E-state index contributed by atoms with van der Waals surface area (Å²) in [6.45, 7) is 5.94. The van der Waals surface area contributed by atoms with Gasteiger partial charge in [-0.3, -0.25) is 14.5 Å². The molecule has 2 N–H and O–H groups in total. The van der Waals surface area contributed by atoms with Crippen LogP contribution in [0.25, 0.3) is 0 Å². The molecule has 0 spiro atoms. The van der Waals surface area contributed by atoms with Gasteiger partial charge in [-0.25, -0.2) is 4.79 Å². The molecule has 3 amide bonds. The number of benzene rings is 2. The molecule has 32 heavy (non-hydrogen) atoms. The average molecular weight is 436 g/mol. The molecule has 0 aromatic heterocycles. The van der Waals surface area contributed by atoms with E-state index in [0.717, 1.165) is 24.0 Å². The van der Waals surface area contributed by atoms with Gasteiger partial charge in [0, 0.05) is 17.6 Å². The zero-order valence-corrected chi connectivity index (χ0v) is 18.6. The second-order valence-electron chi connectivity index (χ2n) is 8.91. The highest BCUT2D eigenvalue weighted by Crippen LogP contribution is 2.35. The van der Waals surface area contributed by atoms with E-state index in [1.807, 2.05) is 45.0 Å². The smallest absolute Gasteiger partial charge is 0.411 e. The van der Waals surface area contributed by atoms with E-state index in [9.17, 15) is 14.4 Å². The number of rotatable bonds is 7. The van der Waals surface area contributed by atoms with Gasteiger partial charge in [0.25, 0.3) is 0 Å². The Morgan fingerprint density at radius 2 is 1.84 bits per heavy atom. The van der Waals surface area contributed by atoms with Gasteiger partial charge in [0.15, 0.2) is 12.1 Å². The minimum Gasteiger partial charge on any atom is -0.438 e. The molecule has 2 aliphatic rings. The van der Waals surface area contributed by atoms with Gasteiger partial charge in [0.1, 0.15) is 0 Å². The Kier molecular flexibility index (Phi) is 6.17. The van der Waals surface area contributed by atoms with E-state index in [1.54, 1.807) is 24.3 Å². The van der Waals surface area contributed by atoms with Gasteiger partial charge in [-0.05, 0) is 43.0 Å². The molecular formula is C25H29N3O4. The number of hydrogen-bond donors (Lipinski definition) is 2. The third-order valence-corrected chi connectivity index (χ3v) is 5.74. The Hall–Kier alpha value is -3.35. The van der Waals surface area contributed by atoms with Crippen molar-refractivity contribution in [3.05, 3.63) is 65.2 Å². The van der Waals surface area contributed by atoms with Crippen LogP contribution in [0.3, 0.4) is 0 Å². The Balaban J connectivity index is 1.57. The maximum Gasteiger partial charge on any atom is 0.411 e. The molecule has 4 rings (SSSR count). The fraction of sp³-hybridized carbons (Fsp3) is 0.400. The molecular weight excluding hydrogens is 406 g/mol. The maximum absolute atomic E-state index is 13.1. The van der Waals surface area contributed by atoms with E-state index in [-0.39, 0.29) is 23.8 Å². The molecule has 168 valence electrons. The Bertz CT molecular complexity index is 1010. The summed E-state index contributed by atoms with van der Waals surface area (Å²) in [7, 11) is 0. The number of ether oxygens (including phenoxy) is 1. The lowest BCUT2D eigenvalue weighted by molar-refractivity contribution is -0.126. The molecule has 1 aliphatic heterocycles. The number of anilines is 1. The molecule has 1 saturated carbocycles. The number of aryl methyl sites for hydroxylation is 1. The molecule has 7 nitrogen and oxygen atoms in total. The van der Waals surface area contributed by atoms with Crippen LogP contribution in [0, 0.1) is 12.8 Å². The van der Waals surface area contributed by atoms with Crippen molar-refractivity contribution in [1.82, 2.24) is 10.2 Å². The van der Waals surface area contributed by atoms with Crippen molar-refractivity contribution in [1.29, 1.82) is 0 Å².